The quantitative estimate of drug-likeness (QED) is 0.740. The SMILES string of the molecule is CC[C@@H](N)c1ccc(OC)cn1. The van der Waals surface area contributed by atoms with Crippen LogP contribution in [0, 0.1) is 0 Å². The first-order valence-electron chi connectivity index (χ1n) is 4.03. The Balaban J connectivity index is 2.77. The summed E-state index contributed by atoms with van der Waals surface area (Å²) < 4.78 is 4.98. The minimum Gasteiger partial charge on any atom is -0.495 e. The molecule has 0 aliphatic heterocycles. The molecule has 12 heavy (non-hydrogen) atoms. The number of nitrogens with two attached hydrogens (primary N) is 1. The summed E-state index contributed by atoms with van der Waals surface area (Å²) in [5, 5.41) is 0. The Bertz CT molecular complexity index is 233. The van der Waals surface area contributed by atoms with Crippen LogP contribution in [0.1, 0.15) is 25.1 Å². The molecule has 0 saturated carbocycles. The van der Waals surface area contributed by atoms with Crippen molar-refractivity contribution in [3.8, 4) is 5.75 Å². The largest absolute Gasteiger partial charge is 0.495 e. The third-order valence-corrected chi connectivity index (χ3v) is 1.81. The van der Waals surface area contributed by atoms with Crippen LogP contribution >= 0.6 is 0 Å². The molecular formula is C9H14N2O. The molecule has 0 aliphatic rings. The van der Waals surface area contributed by atoms with Crippen LogP contribution < -0.4 is 10.5 Å². The second kappa shape index (κ2) is 4.07. The summed E-state index contributed by atoms with van der Waals surface area (Å²) in [5.41, 5.74) is 6.70. The van der Waals surface area contributed by atoms with Crippen molar-refractivity contribution in [3.05, 3.63) is 24.0 Å². The molecule has 66 valence electrons. The molecule has 0 unspecified atom stereocenters. The topological polar surface area (TPSA) is 48.1 Å². The third-order valence-electron chi connectivity index (χ3n) is 1.81. The fourth-order valence-corrected chi connectivity index (χ4v) is 0.941. The maximum atomic E-state index is 5.78. The maximum Gasteiger partial charge on any atom is 0.137 e. The number of pyridine rings is 1. The first kappa shape index (κ1) is 9.00. The van der Waals surface area contributed by atoms with Gasteiger partial charge in [0, 0.05) is 6.04 Å². The van der Waals surface area contributed by atoms with E-state index in [0.29, 0.717) is 0 Å². The summed E-state index contributed by atoms with van der Waals surface area (Å²) >= 11 is 0. The van der Waals surface area contributed by atoms with Crippen LogP contribution in [-0.4, -0.2) is 12.1 Å². The van der Waals surface area contributed by atoms with Gasteiger partial charge in [-0.05, 0) is 18.6 Å². The van der Waals surface area contributed by atoms with E-state index < -0.39 is 0 Å². The lowest BCUT2D eigenvalue weighted by Crippen LogP contribution is -2.10. The van der Waals surface area contributed by atoms with E-state index >= 15 is 0 Å². The zero-order valence-corrected chi connectivity index (χ0v) is 7.45. The van der Waals surface area contributed by atoms with Crippen LogP contribution in [0.5, 0.6) is 5.75 Å². The van der Waals surface area contributed by atoms with Crippen molar-refractivity contribution in [2.45, 2.75) is 19.4 Å². The zero-order chi connectivity index (χ0) is 8.97. The average molecular weight is 166 g/mol. The highest BCUT2D eigenvalue weighted by atomic mass is 16.5. The Morgan fingerprint density at radius 1 is 1.58 bits per heavy atom. The number of aromatic nitrogens is 1. The fraction of sp³-hybridized carbons (Fsp3) is 0.444. The maximum absolute atomic E-state index is 5.78. The molecule has 1 aromatic rings. The van der Waals surface area contributed by atoms with Gasteiger partial charge in [-0.1, -0.05) is 6.92 Å². The lowest BCUT2D eigenvalue weighted by atomic mass is 10.1. The molecule has 1 rings (SSSR count). The summed E-state index contributed by atoms with van der Waals surface area (Å²) in [6, 6.07) is 3.81. The Morgan fingerprint density at radius 2 is 2.33 bits per heavy atom. The Labute approximate surface area is 72.6 Å². The van der Waals surface area contributed by atoms with Gasteiger partial charge in [0.15, 0.2) is 0 Å². The first-order valence-corrected chi connectivity index (χ1v) is 4.03. The Morgan fingerprint density at radius 3 is 2.75 bits per heavy atom. The normalized spacial score (nSPS) is 12.6. The number of nitrogens with zero attached hydrogens (tertiary/aromatic N) is 1. The fourth-order valence-electron chi connectivity index (χ4n) is 0.941. The molecule has 2 N–H and O–H groups in total. The Kier molecular flexibility index (Phi) is 3.05. The van der Waals surface area contributed by atoms with E-state index in [2.05, 4.69) is 4.98 Å². The van der Waals surface area contributed by atoms with Gasteiger partial charge in [0.2, 0.25) is 0 Å². The molecule has 1 atom stereocenters. The van der Waals surface area contributed by atoms with Crippen LogP contribution in [-0.2, 0) is 0 Å². The van der Waals surface area contributed by atoms with E-state index in [4.69, 9.17) is 10.5 Å². The number of hydrogen-bond donors (Lipinski definition) is 1. The molecule has 3 nitrogen and oxygen atoms in total. The van der Waals surface area contributed by atoms with Crippen molar-refractivity contribution in [2.75, 3.05) is 7.11 Å². The molecule has 0 radical (unpaired) electrons. The van der Waals surface area contributed by atoms with Crippen molar-refractivity contribution in [1.29, 1.82) is 0 Å². The molecule has 1 heterocycles. The molecule has 1 aromatic heterocycles. The molecule has 0 aliphatic carbocycles. The van der Waals surface area contributed by atoms with Crippen LogP contribution in [0.4, 0.5) is 0 Å². The number of rotatable bonds is 3. The summed E-state index contributed by atoms with van der Waals surface area (Å²) in [5.74, 6) is 0.766. The van der Waals surface area contributed by atoms with Crippen LogP contribution in [0.3, 0.4) is 0 Å². The number of ether oxygens (including phenoxy) is 1. The van der Waals surface area contributed by atoms with Crippen LogP contribution in [0.15, 0.2) is 18.3 Å². The van der Waals surface area contributed by atoms with Crippen molar-refractivity contribution >= 4 is 0 Å². The summed E-state index contributed by atoms with van der Waals surface area (Å²) in [6.07, 6.45) is 2.59. The van der Waals surface area contributed by atoms with Gasteiger partial charge >= 0.3 is 0 Å². The van der Waals surface area contributed by atoms with Crippen LogP contribution in [0.25, 0.3) is 0 Å². The highest BCUT2D eigenvalue weighted by Gasteiger charge is 2.03. The number of methoxy groups -OCH3 is 1. The predicted molar refractivity (Wildman–Crippen MR) is 48.0 cm³/mol. The molecule has 0 amide bonds. The van der Waals surface area contributed by atoms with E-state index in [-0.39, 0.29) is 6.04 Å². The highest BCUT2D eigenvalue weighted by Crippen LogP contribution is 2.14. The molecule has 0 saturated heterocycles. The van der Waals surface area contributed by atoms with Gasteiger partial charge in [0.25, 0.3) is 0 Å². The molecule has 0 spiro atoms. The zero-order valence-electron chi connectivity index (χ0n) is 7.45. The Hall–Kier alpha value is -1.09. The van der Waals surface area contributed by atoms with Crippen molar-refractivity contribution in [1.82, 2.24) is 4.98 Å². The summed E-state index contributed by atoms with van der Waals surface area (Å²) in [6.45, 7) is 2.04. The summed E-state index contributed by atoms with van der Waals surface area (Å²) in [7, 11) is 1.62. The summed E-state index contributed by atoms with van der Waals surface area (Å²) in [4.78, 5) is 4.17. The second-order valence-corrected chi connectivity index (χ2v) is 2.64. The van der Waals surface area contributed by atoms with E-state index in [9.17, 15) is 0 Å². The minimum atomic E-state index is 0.0379. The smallest absolute Gasteiger partial charge is 0.137 e. The molecule has 3 heteroatoms. The van der Waals surface area contributed by atoms with E-state index in [0.717, 1.165) is 17.9 Å². The molecule has 0 bridgehead atoms. The third kappa shape index (κ3) is 1.95. The predicted octanol–water partition coefficient (Wildman–Crippen LogP) is 1.50. The highest BCUT2D eigenvalue weighted by molar-refractivity contribution is 5.21. The lowest BCUT2D eigenvalue weighted by Gasteiger charge is -2.07. The standard InChI is InChI=1S/C9H14N2O/c1-3-8(10)9-5-4-7(12-2)6-11-9/h4-6,8H,3,10H2,1-2H3/t8-/m1/s1. The van der Waals surface area contributed by atoms with Crippen molar-refractivity contribution in [3.63, 3.8) is 0 Å². The number of hydrogen-bond acceptors (Lipinski definition) is 3. The molecule has 0 aromatic carbocycles. The van der Waals surface area contributed by atoms with Gasteiger partial charge in [-0.3, -0.25) is 4.98 Å². The van der Waals surface area contributed by atoms with E-state index in [1.54, 1.807) is 13.3 Å². The van der Waals surface area contributed by atoms with E-state index in [1.807, 2.05) is 19.1 Å². The lowest BCUT2D eigenvalue weighted by molar-refractivity contribution is 0.412. The minimum absolute atomic E-state index is 0.0379. The van der Waals surface area contributed by atoms with Gasteiger partial charge in [-0.25, -0.2) is 0 Å². The molecule has 0 fully saturated rings. The van der Waals surface area contributed by atoms with E-state index in [1.165, 1.54) is 0 Å². The van der Waals surface area contributed by atoms with Gasteiger partial charge in [0.1, 0.15) is 5.75 Å². The van der Waals surface area contributed by atoms with Gasteiger partial charge < -0.3 is 10.5 Å². The van der Waals surface area contributed by atoms with Crippen molar-refractivity contribution < 1.29 is 4.74 Å². The van der Waals surface area contributed by atoms with Crippen molar-refractivity contribution in [2.24, 2.45) is 5.73 Å². The van der Waals surface area contributed by atoms with Gasteiger partial charge in [-0.2, -0.15) is 0 Å². The van der Waals surface area contributed by atoms with Gasteiger partial charge in [-0.15, -0.1) is 0 Å². The monoisotopic (exact) mass is 166 g/mol. The first-order chi connectivity index (χ1) is 5.77. The van der Waals surface area contributed by atoms with Crippen LogP contribution in [0.2, 0.25) is 0 Å². The molecular weight excluding hydrogens is 152 g/mol. The second-order valence-electron chi connectivity index (χ2n) is 2.64. The van der Waals surface area contributed by atoms with Gasteiger partial charge in [0.05, 0.1) is 19.0 Å². The average Bonchev–Trinajstić information content (AvgIpc) is 2.17.